The van der Waals surface area contributed by atoms with E-state index in [1.54, 1.807) is 16.6 Å². The van der Waals surface area contributed by atoms with Crippen molar-refractivity contribution in [3.63, 3.8) is 0 Å². The zero-order valence-electron chi connectivity index (χ0n) is 11.2. The third-order valence-corrected chi connectivity index (χ3v) is 3.25. The van der Waals surface area contributed by atoms with Crippen LogP contribution in [0.1, 0.15) is 11.4 Å². The number of aryl methyl sites for hydroxylation is 1. The van der Waals surface area contributed by atoms with Gasteiger partial charge in [0.2, 0.25) is 5.91 Å². The van der Waals surface area contributed by atoms with Crippen molar-refractivity contribution in [1.29, 1.82) is 0 Å². The average molecular weight is 295 g/mol. The zero-order valence-corrected chi connectivity index (χ0v) is 12.7. The Morgan fingerprint density at radius 3 is 2.56 bits per heavy atom. The highest BCUT2D eigenvalue weighted by Gasteiger charge is 2.14. The smallest absolute Gasteiger partial charge is 0.244 e. The number of nitrogens with one attached hydrogen (secondary N) is 1. The molecule has 0 aliphatic rings. The molecule has 1 heterocycles. The van der Waals surface area contributed by atoms with E-state index in [0.717, 1.165) is 17.9 Å². The van der Waals surface area contributed by atoms with Crippen LogP contribution in [0.4, 0.5) is 0 Å². The molecule has 1 aromatic rings. The van der Waals surface area contributed by atoms with E-state index in [4.69, 9.17) is 11.6 Å². The Balaban J connectivity index is 0.00000289. The van der Waals surface area contributed by atoms with Crippen LogP contribution in [0.5, 0.6) is 0 Å². The lowest BCUT2D eigenvalue weighted by molar-refractivity contribution is -0.130. The topological polar surface area (TPSA) is 50.2 Å². The molecule has 0 aromatic carbocycles. The average Bonchev–Trinajstić information content (AvgIpc) is 2.54. The van der Waals surface area contributed by atoms with Gasteiger partial charge in [-0.15, -0.1) is 12.4 Å². The molecular weight excluding hydrogens is 275 g/mol. The van der Waals surface area contributed by atoms with E-state index in [1.165, 1.54) is 0 Å². The van der Waals surface area contributed by atoms with E-state index in [1.807, 2.05) is 20.9 Å². The summed E-state index contributed by atoms with van der Waals surface area (Å²) in [6.07, 6.45) is 0. The van der Waals surface area contributed by atoms with Crippen LogP contribution in [0.15, 0.2) is 0 Å². The normalized spacial score (nSPS) is 10.1. The monoisotopic (exact) mass is 294 g/mol. The predicted molar refractivity (Wildman–Crippen MR) is 75.5 cm³/mol. The second kappa shape index (κ2) is 7.61. The van der Waals surface area contributed by atoms with E-state index in [2.05, 4.69) is 10.4 Å². The zero-order chi connectivity index (χ0) is 13.0. The highest BCUT2D eigenvalue weighted by atomic mass is 35.5. The minimum atomic E-state index is 0. The van der Waals surface area contributed by atoms with Gasteiger partial charge in [0.05, 0.1) is 16.4 Å². The van der Waals surface area contributed by atoms with Crippen LogP contribution in [0.25, 0.3) is 0 Å². The maximum absolute atomic E-state index is 11.9. The molecule has 5 nitrogen and oxygen atoms in total. The molecule has 1 aromatic heterocycles. The quantitative estimate of drug-likeness (QED) is 0.889. The fourth-order valence-electron chi connectivity index (χ4n) is 1.48. The number of carbonyl (C=O) groups excluding carboxylic acids is 1. The summed E-state index contributed by atoms with van der Waals surface area (Å²) in [6, 6.07) is 0. The Morgan fingerprint density at radius 1 is 1.50 bits per heavy atom. The molecule has 104 valence electrons. The standard InChI is InChI=1S/C11H19ClN4O.ClH/c1-8-11(12)9(2)16(14-8)7-10(17)15(4)6-5-13-3;/h13H,5-7H2,1-4H3;1H. The Bertz CT molecular complexity index is 406. The van der Waals surface area contributed by atoms with Crippen LogP contribution in [0.3, 0.4) is 0 Å². The van der Waals surface area contributed by atoms with Crippen molar-refractivity contribution in [2.45, 2.75) is 20.4 Å². The summed E-state index contributed by atoms with van der Waals surface area (Å²) in [5.41, 5.74) is 1.59. The fraction of sp³-hybridized carbons (Fsp3) is 0.636. The number of halogens is 2. The third-order valence-electron chi connectivity index (χ3n) is 2.70. The van der Waals surface area contributed by atoms with E-state index in [9.17, 15) is 4.79 Å². The summed E-state index contributed by atoms with van der Waals surface area (Å²) >= 11 is 6.03. The van der Waals surface area contributed by atoms with E-state index < -0.39 is 0 Å². The number of hydrogen-bond acceptors (Lipinski definition) is 3. The van der Waals surface area contributed by atoms with Crippen molar-refractivity contribution in [3.05, 3.63) is 16.4 Å². The number of amides is 1. The maximum atomic E-state index is 11.9. The molecule has 0 aliphatic heterocycles. The molecule has 7 heteroatoms. The number of nitrogens with zero attached hydrogens (tertiary/aromatic N) is 3. The van der Waals surface area contributed by atoms with Gasteiger partial charge < -0.3 is 10.2 Å². The van der Waals surface area contributed by atoms with Gasteiger partial charge in [0, 0.05) is 20.1 Å². The molecule has 0 fully saturated rings. The van der Waals surface area contributed by atoms with E-state index in [0.29, 0.717) is 11.6 Å². The number of carbonyl (C=O) groups is 1. The molecule has 0 unspecified atom stereocenters. The molecule has 1 N–H and O–H groups in total. The fourth-order valence-corrected chi connectivity index (χ4v) is 1.62. The number of aromatic nitrogens is 2. The molecule has 0 saturated heterocycles. The van der Waals surface area contributed by atoms with Crippen LogP contribution >= 0.6 is 24.0 Å². The minimum Gasteiger partial charge on any atom is -0.343 e. The lowest BCUT2D eigenvalue weighted by Gasteiger charge is -2.17. The van der Waals surface area contributed by atoms with Gasteiger partial charge in [0.25, 0.3) is 0 Å². The first kappa shape index (κ1) is 17.2. The summed E-state index contributed by atoms with van der Waals surface area (Å²) in [6.45, 7) is 5.40. The minimum absolute atomic E-state index is 0. The van der Waals surface area contributed by atoms with E-state index >= 15 is 0 Å². The summed E-state index contributed by atoms with van der Waals surface area (Å²) in [5.74, 6) is 0.0301. The molecule has 0 aliphatic carbocycles. The summed E-state index contributed by atoms with van der Waals surface area (Å²) in [4.78, 5) is 13.6. The van der Waals surface area contributed by atoms with E-state index in [-0.39, 0.29) is 24.9 Å². The first-order valence-corrected chi connectivity index (χ1v) is 5.93. The second-order valence-corrected chi connectivity index (χ2v) is 4.44. The lowest BCUT2D eigenvalue weighted by atomic mass is 10.4. The molecule has 18 heavy (non-hydrogen) atoms. The predicted octanol–water partition coefficient (Wildman–Crippen LogP) is 1.25. The Labute approximate surface area is 119 Å². The van der Waals surface area contributed by atoms with Crippen molar-refractivity contribution in [2.75, 3.05) is 27.2 Å². The molecule has 0 spiro atoms. The first-order valence-electron chi connectivity index (χ1n) is 5.55. The highest BCUT2D eigenvalue weighted by Crippen LogP contribution is 2.18. The van der Waals surface area contributed by atoms with Crippen molar-refractivity contribution >= 4 is 29.9 Å². The molecule has 1 amide bonds. The van der Waals surface area contributed by atoms with Crippen LogP contribution in [0.2, 0.25) is 5.02 Å². The van der Waals surface area contributed by atoms with Gasteiger partial charge in [-0.1, -0.05) is 11.6 Å². The second-order valence-electron chi connectivity index (χ2n) is 4.06. The molecule has 1 rings (SSSR count). The highest BCUT2D eigenvalue weighted by molar-refractivity contribution is 6.31. The van der Waals surface area contributed by atoms with Crippen LogP contribution < -0.4 is 5.32 Å². The third kappa shape index (κ3) is 4.15. The molecule has 0 saturated carbocycles. The lowest BCUT2D eigenvalue weighted by Crippen LogP contribution is -2.35. The van der Waals surface area contributed by atoms with Crippen LogP contribution in [-0.4, -0.2) is 47.8 Å². The summed E-state index contributed by atoms with van der Waals surface area (Å²) in [7, 11) is 3.64. The van der Waals surface area contributed by atoms with Crippen molar-refractivity contribution in [3.8, 4) is 0 Å². The van der Waals surface area contributed by atoms with Gasteiger partial charge >= 0.3 is 0 Å². The van der Waals surface area contributed by atoms with Gasteiger partial charge in [-0.05, 0) is 20.9 Å². The van der Waals surface area contributed by atoms with Gasteiger partial charge in [-0.25, -0.2) is 0 Å². The summed E-state index contributed by atoms with van der Waals surface area (Å²) < 4.78 is 1.65. The molecular formula is C11H20Cl2N4O. The van der Waals surface area contributed by atoms with Gasteiger partial charge in [-0.3, -0.25) is 9.48 Å². The van der Waals surface area contributed by atoms with Crippen molar-refractivity contribution in [1.82, 2.24) is 20.0 Å². The van der Waals surface area contributed by atoms with Gasteiger partial charge in [0.15, 0.2) is 0 Å². The number of likely N-dealkylation sites (N-methyl/N-ethyl adjacent to an activating group) is 2. The largest absolute Gasteiger partial charge is 0.343 e. The number of hydrogen-bond donors (Lipinski definition) is 1. The van der Waals surface area contributed by atoms with Crippen molar-refractivity contribution < 1.29 is 4.79 Å². The Morgan fingerprint density at radius 2 is 2.11 bits per heavy atom. The summed E-state index contributed by atoms with van der Waals surface area (Å²) in [5, 5.41) is 7.87. The van der Waals surface area contributed by atoms with Crippen LogP contribution in [-0.2, 0) is 11.3 Å². The molecule has 0 atom stereocenters. The Hall–Kier alpha value is -0.780. The number of rotatable bonds is 5. The molecule has 0 radical (unpaired) electrons. The maximum Gasteiger partial charge on any atom is 0.244 e. The molecule has 0 bridgehead atoms. The first-order chi connectivity index (χ1) is 7.97. The van der Waals surface area contributed by atoms with Crippen LogP contribution in [0, 0.1) is 13.8 Å². The van der Waals surface area contributed by atoms with Gasteiger partial charge in [0.1, 0.15) is 6.54 Å². The SMILES string of the molecule is CNCCN(C)C(=O)Cn1nc(C)c(Cl)c1C.Cl. The van der Waals surface area contributed by atoms with Gasteiger partial charge in [-0.2, -0.15) is 5.10 Å². The Kier molecular flexibility index (Phi) is 7.28. The van der Waals surface area contributed by atoms with Crippen molar-refractivity contribution in [2.24, 2.45) is 0 Å².